The highest BCUT2D eigenvalue weighted by molar-refractivity contribution is 5.95. The quantitative estimate of drug-likeness (QED) is 0.855. The highest BCUT2D eigenvalue weighted by Gasteiger charge is 2.23. The Bertz CT molecular complexity index is 729. The van der Waals surface area contributed by atoms with Crippen molar-refractivity contribution in [2.45, 2.75) is 18.9 Å². The van der Waals surface area contributed by atoms with Crippen LogP contribution in [-0.2, 0) is 4.79 Å². The Morgan fingerprint density at radius 3 is 2.88 bits per heavy atom. The first-order valence-electron chi connectivity index (χ1n) is 8.42. The van der Waals surface area contributed by atoms with Gasteiger partial charge >= 0.3 is 0 Å². The molecule has 1 saturated heterocycles. The number of likely N-dealkylation sites (N-methyl/N-ethyl adjacent to an activating group) is 1. The smallest absolute Gasteiger partial charge is 0.273 e. The summed E-state index contributed by atoms with van der Waals surface area (Å²) < 4.78 is 5.21. The number of nitrogens with one attached hydrogen (secondary N) is 2. The van der Waals surface area contributed by atoms with Gasteiger partial charge in [0.1, 0.15) is 0 Å². The molecule has 1 aliphatic rings. The molecule has 7 nitrogen and oxygen atoms in total. The van der Waals surface area contributed by atoms with Crippen molar-refractivity contribution in [3.63, 3.8) is 0 Å². The van der Waals surface area contributed by atoms with E-state index in [1.54, 1.807) is 11.0 Å². The number of nitrogens with zero attached hydrogens (tertiary/aromatic N) is 2. The third-order valence-electron chi connectivity index (χ3n) is 4.38. The zero-order valence-electron chi connectivity index (χ0n) is 14.2. The van der Waals surface area contributed by atoms with Gasteiger partial charge in [-0.05, 0) is 19.9 Å². The Kier molecular flexibility index (Phi) is 5.45. The lowest BCUT2D eigenvalue weighted by molar-refractivity contribution is -0.131. The summed E-state index contributed by atoms with van der Waals surface area (Å²) in [6.07, 6.45) is 2.03. The Labute approximate surface area is 146 Å². The van der Waals surface area contributed by atoms with E-state index in [4.69, 9.17) is 4.52 Å². The normalized spacial score (nSPS) is 17.3. The van der Waals surface area contributed by atoms with Crippen LogP contribution in [0, 0.1) is 0 Å². The minimum Gasteiger partial charge on any atom is -0.355 e. The summed E-state index contributed by atoms with van der Waals surface area (Å²) in [6, 6.07) is 11.3. The third-order valence-corrected chi connectivity index (χ3v) is 4.38. The van der Waals surface area contributed by atoms with Crippen molar-refractivity contribution in [3.8, 4) is 11.3 Å². The van der Waals surface area contributed by atoms with Gasteiger partial charge in [-0.2, -0.15) is 0 Å². The minimum atomic E-state index is -0.415. The van der Waals surface area contributed by atoms with Crippen LogP contribution < -0.4 is 10.6 Å². The fourth-order valence-corrected chi connectivity index (χ4v) is 2.92. The van der Waals surface area contributed by atoms with E-state index in [1.807, 2.05) is 37.4 Å². The van der Waals surface area contributed by atoms with Gasteiger partial charge in [0.05, 0.1) is 6.54 Å². The number of hydrogen-bond donors (Lipinski definition) is 2. The average Bonchev–Trinajstić information content (AvgIpc) is 3.17. The molecule has 1 fully saturated rings. The third kappa shape index (κ3) is 4.24. The Morgan fingerprint density at radius 1 is 1.32 bits per heavy atom. The predicted molar refractivity (Wildman–Crippen MR) is 92.9 cm³/mol. The molecule has 2 heterocycles. The molecule has 1 atom stereocenters. The SMILES string of the molecule is CNC1CCCN(C(=O)CNC(=O)c2cc(-c3ccccc3)on2)C1. The van der Waals surface area contributed by atoms with Crippen molar-refractivity contribution in [2.75, 3.05) is 26.7 Å². The molecule has 1 aliphatic heterocycles. The molecule has 0 saturated carbocycles. The molecular weight excluding hydrogens is 320 g/mol. The first-order chi connectivity index (χ1) is 12.2. The maximum Gasteiger partial charge on any atom is 0.273 e. The topological polar surface area (TPSA) is 87.5 Å². The number of hydrogen-bond acceptors (Lipinski definition) is 5. The molecule has 2 aromatic rings. The van der Waals surface area contributed by atoms with Crippen molar-refractivity contribution in [2.24, 2.45) is 0 Å². The standard InChI is InChI=1S/C18H22N4O3/c1-19-14-8-5-9-22(12-14)17(23)11-20-18(24)15-10-16(25-21-15)13-6-3-2-4-7-13/h2-4,6-7,10,14,19H,5,8-9,11-12H2,1H3,(H,20,24). The molecule has 3 rings (SSSR count). The van der Waals surface area contributed by atoms with Crippen LogP contribution in [-0.4, -0.2) is 54.6 Å². The van der Waals surface area contributed by atoms with E-state index in [2.05, 4.69) is 15.8 Å². The lowest BCUT2D eigenvalue weighted by atomic mass is 10.1. The van der Waals surface area contributed by atoms with E-state index < -0.39 is 5.91 Å². The van der Waals surface area contributed by atoms with Crippen molar-refractivity contribution < 1.29 is 14.1 Å². The second-order valence-electron chi connectivity index (χ2n) is 6.09. The predicted octanol–water partition coefficient (Wildman–Crippen LogP) is 1.28. The molecule has 2 N–H and O–H groups in total. The van der Waals surface area contributed by atoms with Crippen molar-refractivity contribution in [1.29, 1.82) is 0 Å². The molecule has 1 aromatic carbocycles. The molecule has 1 aromatic heterocycles. The molecular formula is C18H22N4O3. The molecule has 2 amide bonds. The fourth-order valence-electron chi connectivity index (χ4n) is 2.92. The number of carbonyl (C=O) groups excluding carboxylic acids is 2. The van der Waals surface area contributed by atoms with Crippen LogP contribution in [0.4, 0.5) is 0 Å². The van der Waals surface area contributed by atoms with Crippen molar-refractivity contribution in [1.82, 2.24) is 20.7 Å². The second kappa shape index (κ2) is 7.94. The number of rotatable bonds is 5. The van der Waals surface area contributed by atoms with Crippen LogP contribution in [0.25, 0.3) is 11.3 Å². The van der Waals surface area contributed by atoms with Gasteiger partial charge in [-0.1, -0.05) is 35.5 Å². The largest absolute Gasteiger partial charge is 0.355 e. The number of carbonyl (C=O) groups is 2. The van der Waals surface area contributed by atoms with E-state index >= 15 is 0 Å². The molecule has 0 radical (unpaired) electrons. The van der Waals surface area contributed by atoms with E-state index in [1.165, 1.54) is 0 Å². The highest BCUT2D eigenvalue weighted by Crippen LogP contribution is 2.19. The summed E-state index contributed by atoms with van der Waals surface area (Å²) in [5, 5.41) is 9.60. The number of likely N-dealkylation sites (tertiary alicyclic amines) is 1. The van der Waals surface area contributed by atoms with E-state index in [0.29, 0.717) is 18.3 Å². The lowest BCUT2D eigenvalue weighted by Gasteiger charge is -2.32. The molecule has 0 aliphatic carbocycles. The number of aromatic nitrogens is 1. The zero-order valence-corrected chi connectivity index (χ0v) is 14.2. The Balaban J connectivity index is 1.54. The first kappa shape index (κ1) is 17.2. The van der Waals surface area contributed by atoms with Crippen LogP contribution in [0.2, 0.25) is 0 Å². The van der Waals surface area contributed by atoms with Gasteiger partial charge in [0.25, 0.3) is 5.91 Å². The number of benzene rings is 1. The van der Waals surface area contributed by atoms with Gasteiger partial charge in [-0.3, -0.25) is 9.59 Å². The van der Waals surface area contributed by atoms with E-state index in [0.717, 1.165) is 24.9 Å². The summed E-state index contributed by atoms with van der Waals surface area (Å²) >= 11 is 0. The summed E-state index contributed by atoms with van der Waals surface area (Å²) in [4.78, 5) is 26.2. The number of amides is 2. The molecule has 0 bridgehead atoms. The highest BCUT2D eigenvalue weighted by atomic mass is 16.5. The molecule has 25 heavy (non-hydrogen) atoms. The fraction of sp³-hybridized carbons (Fsp3) is 0.389. The van der Waals surface area contributed by atoms with Gasteiger partial charge in [0, 0.05) is 30.8 Å². The van der Waals surface area contributed by atoms with Gasteiger partial charge in [0.15, 0.2) is 11.5 Å². The van der Waals surface area contributed by atoms with Crippen LogP contribution in [0.1, 0.15) is 23.3 Å². The van der Waals surface area contributed by atoms with Crippen LogP contribution in [0.5, 0.6) is 0 Å². The molecule has 0 spiro atoms. The summed E-state index contributed by atoms with van der Waals surface area (Å²) in [7, 11) is 1.90. The summed E-state index contributed by atoms with van der Waals surface area (Å²) in [6.45, 7) is 1.37. The van der Waals surface area contributed by atoms with Crippen LogP contribution >= 0.6 is 0 Å². The van der Waals surface area contributed by atoms with Crippen molar-refractivity contribution in [3.05, 3.63) is 42.1 Å². The van der Waals surface area contributed by atoms with Gasteiger partial charge < -0.3 is 20.1 Å². The monoisotopic (exact) mass is 342 g/mol. The Morgan fingerprint density at radius 2 is 2.12 bits per heavy atom. The molecule has 132 valence electrons. The zero-order chi connectivity index (χ0) is 17.6. The number of piperidine rings is 1. The van der Waals surface area contributed by atoms with E-state index in [9.17, 15) is 9.59 Å². The Hall–Kier alpha value is -2.67. The van der Waals surface area contributed by atoms with Crippen LogP contribution in [0.3, 0.4) is 0 Å². The maximum atomic E-state index is 12.3. The molecule has 7 heteroatoms. The molecule has 1 unspecified atom stereocenters. The average molecular weight is 342 g/mol. The lowest BCUT2D eigenvalue weighted by Crippen LogP contribution is -2.49. The summed E-state index contributed by atoms with van der Waals surface area (Å²) in [5.41, 5.74) is 1.01. The minimum absolute atomic E-state index is 0.0389. The summed E-state index contributed by atoms with van der Waals surface area (Å²) in [5.74, 6) is 0.0199. The first-order valence-corrected chi connectivity index (χ1v) is 8.42. The van der Waals surface area contributed by atoms with Gasteiger partial charge in [-0.25, -0.2) is 0 Å². The van der Waals surface area contributed by atoms with Crippen molar-refractivity contribution >= 4 is 11.8 Å². The van der Waals surface area contributed by atoms with Crippen LogP contribution in [0.15, 0.2) is 40.9 Å². The second-order valence-corrected chi connectivity index (χ2v) is 6.09. The maximum absolute atomic E-state index is 12.3. The van der Waals surface area contributed by atoms with Gasteiger partial charge in [0.2, 0.25) is 5.91 Å². The van der Waals surface area contributed by atoms with E-state index in [-0.39, 0.29) is 18.1 Å². The van der Waals surface area contributed by atoms with Gasteiger partial charge in [-0.15, -0.1) is 0 Å².